The van der Waals surface area contributed by atoms with Crippen molar-refractivity contribution >= 4 is 97.7 Å². The van der Waals surface area contributed by atoms with Gasteiger partial charge in [0.05, 0.1) is 12.8 Å². The summed E-state index contributed by atoms with van der Waals surface area (Å²) in [6.07, 6.45) is 1.48. The normalized spacial score (nSPS) is 16.2. The summed E-state index contributed by atoms with van der Waals surface area (Å²) in [5.74, 6) is -0.931. The van der Waals surface area contributed by atoms with E-state index in [1.54, 1.807) is 36.4 Å². The van der Waals surface area contributed by atoms with Crippen molar-refractivity contribution in [1.82, 2.24) is 5.32 Å². The monoisotopic (exact) mass is 610 g/mol. The number of carbonyl (C=O) groups excluding carboxylic acids is 2. The molecule has 0 atom stereocenters. The van der Waals surface area contributed by atoms with Crippen molar-refractivity contribution in [2.75, 3.05) is 4.90 Å². The first-order valence-electron chi connectivity index (χ1n) is 7.13. The number of hydrogen-bond donors (Lipinski definition) is 2. The van der Waals surface area contributed by atoms with Crippen LogP contribution in [0, 0.1) is 7.14 Å². The molecule has 0 aliphatic carbocycles. The number of halogens is 3. The quantitative estimate of drug-likeness (QED) is 0.233. The zero-order valence-corrected chi connectivity index (χ0v) is 18.7. The third-order valence-corrected chi connectivity index (χ3v) is 5.72. The smallest absolute Gasteiger partial charge is 0.270 e. The number of aromatic hydroxyl groups is 1. The van der Waals surface area contributed by atoms with Gasteiger partial charge in [-0.05, 0) is 105 Å². The Balaban J connectivity index is 2.04. The third kappa shape index (κ3) is 3.87. The van der Waals surface area contributed by atoms with Crippen molar-refractivity contribution in [1.29, 1.82) is 0 Å². The van der Waals surface area contributed by atoms with E-state index in [0.29, 0.717) is 23.4 Å². The van der Waals surface area contributed by atoms with Crippen LogP contribution >= 0.6 is 69.0 Å². The van der Waals surface area contributed by atoms with E-state index < -0.39 is 11.8 Å². The molecule has 1 saturated heterocycles. The third-order valence-electron chi connectivity index (χ3n) is 3.54. The minimum Gasteiger partial charge on any atom is -0.506 e. The molecule has 2 aromatic rings. The van der Waals surface area contributed by atoms with Gasteiger partial charge in [-0.3, -0.25) is 19.8 Å². The number of benzene rings is 2. The van der Waals surface area contributed by atoms with E-state index in [0.717, 1.165) is 0 Å². The van der Waals surface area contributed by atoms with E-state index in [-0.39, 0.29) is 16.4 Å². The number of carbonyl (C=O) groups is 2. The summed E-state index contributed by atoms with van der Waals surface area (Å²) in [6.45, 7) is 0. The Bertz CT molecular complexity index is 953. The minimum atomic E-state index is -0.566. The lowest BCUT2D eigenvalue weighted by Gasteiger charge is -2.29. The maximum atomic E-state index is 12.9. The predicted molar refractivity (Wildman–Crippen MR) is 121 cm³/mol. The van der Waals surface area contributed by atoms with E-state index in [2.05, 4.69) is 5.32 Å². The van der Waals surface area contributed by atoms with E-state index in [1.165, 1.54) is 11.0 Å². The van der Waals surface area contributed by atoms with Crippen molar-refractivity contribution in [2.45, 2.75) is 0 Å². The van der Waals surface area contributed by atoms with Gasteiger partial charge in [-0.25, -0.2) is 0 Å². The van der Waals surface area contributed by atoms with E-state index in [9.17, 15) is 14.7 Å². The van der Waals surface area contributed by atoms with Crippen LogP contribution in [-0.4, -0.2) is 22.0 Å². The molecule has 9 heteroatoms. The summed E-state index contributed by atoms with van der Waals surface area (Å²) in [7, 11) is 0. The molecule has 26 heavy (non-hydrogen) atoms. The van der Waals surface area contributed by atoms with Crippen molar-refractivity contribution in [3.63, 3.8) is 0 Å². The summed E-state index contributed by atoms with van der Waals surface area (Å²) in [6, 6.07) is 9.94. The molecule has 0 saturated carbocycles. The highest BCUT2D eigenvalue weighted by atomic mass is 127. The van der Waals surface area contributed by atoms with Gasteiger partial charge in [-0.1, -0.05) is 11.6 Å². The fourth-order valence-corrected chi connectivity index (χ4v) is 4.54. The van der Waals surface area contributed by atoms with Gasteiger partial charge >= 0.3 is 0 Å². The van der Waals surface area contributed by atoms with Crippen molar-refractivity contribution in [2.24, 2.45) is 0 Å². The van der Waals surface area contributed by atoms with Gasteiger partial charge in [0.15, 0.2) is 5.11 Å². The van der Waals surface area contributed by atoms with Crippen LogP contribution in [-0.2, 0) is 9.59 Å². The average Bonchev–Trinajstić information content (AvgIpc) is 2.58. The molecular weight excluding hydrogens is 602 g/mol. The molecule has 0 unspecified atom stereocenters. The van der Waals surface area contributed by atoms with Crippen molar-refractivity contribution in [3.05, 3.63) is 59.7 Å². The number of nitrogens with zero attached hydrogens (tertiary/aromatic N) is 1. The Morgan fingerprint density at radius 2 is 1.69 bits per heavy atom. The first-order chi connectivity index (χ1) is 12.3. The largest absolute Gasteiger partial charge is 0.506 e. The van der Waals surface area contributed by atoms with E-state index in [4.69, 9.17) is 23.8 Å². The fraction of sp³-hybridized carbons (Fsp3) is 0. The number of rotatable bonds is 2. The first-order valence-corrected chi connectivity index (χ1v) is 10.1. The fourth-order valence-electron chi connectivity index (χ4n) is 2.32. The Hall–Kier alpha value is -1.24. The summed E-state index contributed by atoms with van der Waals surface area (Å²) in [4.78, 5) is 26.4. The molecule has 5 nitrogen and oxygen atoms in total. The second-order valence-corrected chi connectivity index (χ2v) is 8.41. The molecule has 2 aromatic carbocycles. The summed E-state index contributed by atoms with van der Waals surface area (Å²) in [5, 5.41) is 12.9. The molecule has 1 aliphatic rings. The number of anilines is 1. The number of thiocarbonyl (C=S) groups is 1. The minimum absolute atomic E-state index is 0.00865. The zero-order valence-electron chi connectivity index (χ0n) is 12.8. The molecule has 0 aromatic heterocycles. The summed E-state index contributed by atoms with van der Waals surface area (Å²) < 4.78 is 1.24. The van der Waals surface area contributed by atoms with E-state index in [1.807, 2.05) is 45.2 Å². The maximum absolute atomic E-state index is 12.9. The highest BCUT2D eigenvalue weighted by Crippen LogP contribution is 2.29. The SMILES string of the molecule is O=C1NC(=S)N(c2ccc(Cl)cc2)C(=O)/C1=C/c1cc(I)c(O)c(I)c1. The molecular formula is C17H9ClI2N2O3S. The molecule has 0 radical (unpaired) electrons. The lowest BCUT2D eigenvalue weighted by Crippen LogP contribution is -2.54. The van der Waals surface area contributed by atoms with Gasteiger partial charge in [0.25, 0.3) is 11.8 Å². The molecule has 1 aliphatic heterocycles. The number of nitrogens with one attached hydrogen (secondary N) is 1. The average molecular weight is 611 g/mol. The number of amides is 2. The zero-order chi connectivity index (χ0) is 19.0. The second kappa shape index (κ2) is 7.79. The molecule has 1 heterocycles. The van der Waals surface area contributed by atoms with Gasteiger partial charge in [0.2, 0.25) is 0 Å². The highest BCUT2D eigenvalue weighted by molar-refractivity contribution is 14.1. The molecule has 0 spiro atoms. The van der Waals surface area contributed by atoms with Gasteiger partial charge in [0, 0.05) is 5.02 Å². The lowest BCUT2D eigenvalue weighted by molar-refractivity contribution is -0.122. The Kier molecular flexibility index (Phi) is 5.85. The Morgan fingerprint density at radius 1 is 1.12 bits per heavy atom. The Labute approximate surface area is 186 Å². The topological polar surface area (TPSA) is 69.6 Å². The lowest BCUT2D eigenvalue weighted by atomic mass is 10.1. The number of hydrogen-bond acceptors (Lipinski definition) is 4. The van der Waals surface area contributed by atoms with Crippen LogP contribution in [0.1, 0.15) is 5.56 Å². The van der Waals surface area contributed by atoms with Crippen LogP contribution in [0.3, 0.4) is 0 Å². The van der Waals surface area contributed by atoms with Gasteiger partial charge < -0.3 is 5.11 Å². The van der Waals surface area contributed by atoms with Crippen LogP contribution in [0.25, 0.3) is 6.08 Å². The van der Waals surface area contributed by atoms with Crippen LogP contribution in [0.5, 0.6) is 5.75 Å². The summed E-state index contributed by atoms with van der Waals surface area (Å²) >= 11 is 15.0. The van der Waals surface area contributed by atoms with Gasteiger partial charge in [-0.2, -0.15) is 0 Å². The van der Waals surface area contributed by atoms with Gasteiger partial charge in [0.1, 0.15) is 11.3 Å². The molecule has 3 rings (SSSR count). The first kappa shape index (κ1) is 19.5. The standard InChI is InChI=1S/C17H9ClI2N2O3S/c18-9-1-3-10(4-2-9)22-16(25)11(15(24)21-17(22)26)5-8-6-12(19)14(23)13(20)7-8/h1-7,23H,(H,21,24,26)/b11-5+. The van der Waals surface area contributed by atoms with E-state index >= 15 is 0 Å². The van der Waals surface area contributed by atoms with Crippen LogP contribution in [0.2, 0.25) is 5.02 Å². The molecule has 2 N–H and O–H groups in total. The van der Waals surface area contributed by atoms with Crippen molar-refractivity contribution < 1.29 is 14.7 Å². The second-order valence-electron chi connectivity index (χ2n) is 5.27. The summed E-state index contributed by atoms with van der Waals surface area (Å²) in [5.41, 5.74) is 1.08. The predicted octanol–water partition coefficient (Wildman–Crippen LogP) is 4.09. The molecule has 2 amide bonds. The van der Waals surface area contributed by atoms with Crippen LogP contribution in [0.4, 0.5) is 5.69 Å². The molecule has 0 bridgehead atoms. The van der Waals surface area contributed by atoms with Crippen LogP contribution in [0.15, 0.2) is 42.0 Å². The number of phenolic OH excluding ortho intramolecular Hbond substituents is 1. The molecule has 1 fully saturated rings. The van der Waals surface area contributed by atoms with Crippen molar-refractivity contribution in [3.8, 4) is 5.75 Å². The van der Waals surface area contributed by atoms with Gasteiger partial charge in [-0.15, -0.1) is 0 Å². The Morgan fingerprint density at radius 3 is 2.27 bits per heavy atom. The van der Waals surface area contributed by atoms with Crippen LogP contribution < -0.4 is 10.2 Å². The molecule has 132 valence electrons. The number of phenols is 1. The highest BCUT2D eigenvalue weighted by Gasteiger charge is 2.34. The maximum Gasteiger partial charge on any atom is 0.270 e.